The summed E-state index contributed by atoms with van der Waals surface area (Å²) in [5.41, 5.74) is 0.454. The number of amides is 2. The van der Waals surface area contributed by atoms with E-state index in [1.807, 2.05) is 0 Å². The molecule has 7 heteroatoms. The quantitative estimate of drug-likeness (QED) is 0.853. The Morgan fingerprint density at radius 3 is 2.79 bits per heavy atom. The number of carbonyl (C=O) groups excluding carboxylic acids is 2. The summed E-state index contributed by atoms with van der Waals surface area (Å²) < 4.78 is 10.4. The minimum Gasteiger partial charge on any atom is -0.454 e. The second-order valence-electron chi connectivity index (χ2n) is 4.38. The third-order valence-corrected chi connectivity index (χ3v) is 3.38. The van der Waals surface area contributed by atoms with Crippen molar-refractivity contribution in [2.24, 2.45) is 5.92 Å². The van der Waals surface area contributed by atoms with E-state index >= 15 is 0 Å². The predicted molar refractivity (Wildman–Crippen MR) is 67.3 cm³/mol. The maximum absolute atomic E-state index is 12.0. The Hall–Kier alpha value is -1.95. The Bertz CT molecular complexity index is 561. The Morgan fingerprint density at radius 2 is 2.11 bits per heavy atom. The van der Waals surface area contributed by atoms with E-state index in [9.17, 15) is 9.59 Å². The van der Waals surface area contributed by atoms with Crippen LogP contribution in [0.25, 0.3) is 0 Å². The van der Waals surface area contributed by atoms with Crippen LogP contribution in [0.3, 0.4) is 0 Å². The smallest absolute Gasteiger partial charge is 0.231 e. The molecule has 1 aromatic carbocycles. The van der Waals surface area contributed by atoms with Gasteiger partial charge >= 0.3 is 0 Å². The highest BCUT2D eigenvalue weighted by Gasteiger charge is 2.28. The van der Waals surface area contributed by atoms with Gasteiger partial charge in [0.25, 0.3) is 0 Å². The van der Waals surface area contributed by atoms with Gasteiger partial charge in [0.15, 0.2) is 11.5 Å². The molecule has 2 amide bonds. The lowest BCUT2D eigenvalue weighted by molar-refractivity contribution is -0.123. The molecule has 2 heterocycles. The standard InChI is InChI=1S/C12H11ClN2O4/c13-7-2-9-10(19-5-18-9)3-8(7)15-12(17)6-1-11(16)14-4-6/h2-3,6H,1,4-5H2,(H,14,16)(H,15,17). The molecule has 0 aromatic heterocycles. The van der Waals surface area contributed by atoms with E-state index < -0.39 is 0 Å². The van der Waals surface area contributed by atoms with Gasteiger partial charge in [-0.05, 0) is 0 Å². The van der Waals surface area contributed by atoms with Crippen molar-refractivity contribution in [3.63, 3.8) is 0 Å². The molecular formula is C12H11ClN2O4. The van der Waals surface area contributed by atoms with Crippen molar-refractivity contribution >= 4 is 29.1 Å². The molecule has 2 aliphatic rings. The molecular weight excluding hydrogens is 272 g/mol. The van der Waals surface area contributed by atoms with E-state index in [-0.39, 0.29) is 30.9 Å². The lowest BCUT2D eigenvalue weighted by atomic mass is 10.1. The second kappa shape index (κ2) is 4.62. The monoisotopic (exact) mass is 282 g/mol. The van der Waals surface area contributed by atoms with Crippen molar-refractivity contribution in [1.82, 2.24) is 5.32 Å². The van der Waals surface area contributed by atoms with Crippen LogP contribution in [-0.2, 0) is 9.59 Å². The van der Waals surface area contributed by atoms with E-state index in [1.165, 1.54) is 0 Å². The molecule has 0 radical (unpaired) electrons. The maximum Gasteiger partial charge on any atom is 0.231 e. The van der Waals surface area contributed by atoms with Crippen molar-refractivity contribution in [2.75, 3.05) is 18.7 Å². The molecule has 1 aromatic rings. The number of hydrogen-bond donors (Lipinski definition) is 2. The topological polar surface area (TPSA) is 76.7 Å². The number of halogens is 1. The summed E-state index contributed by atoms with van der Waals surface area (Å²) in [4.78, 5) is 23.1. The van der Waals surface area contributed by atoms with Crippen molar-refractivity contribution in [3.05, 3.63) is 17.2 Å². The Kier molecular flexibility index (Phi) is 2.94. The van der Waals surface area contributed by atoms with Crippen LogP contribution < -0.4 is 20.1 Å². The number of nitrogens with one attached hydrogen (secondary N) is 2. The first-order valence-corrected chi connectivity index (χ1v) is 6.18. The number of fused-ring (bicyclic) bond motifs is 1. The molecule has 19 heavy (non-hydrogen) atoms. The summed E-state index contributed by atoms with van der Waals surface area (Å²) in [6.45, 7) is 0.497. The molecule has 1 saturated heterocycles. The molecule has 0 bridgehead atoms. The molecule has 1 unspecified atom stereocenters. The maximum atomic E-state index is 12.0. The molecule has 6 nitrogen and oxygen atoms in total. The van der Waals surface area contributed by atoms with Gasteiger partial charge < -0.3 is 20.1 Å². The van der Waals surface area contributed by atoms with Crippen LogP contribution in [0.1, 0.15) is 6.42 Å². The van der Waals surface area contributed by atoms with Crippen LogP contribution in [0.4, 0.5) is 5.69 Å². The highest BCUT2D eigenvalue weighted by Crippen LogP contribution is 2.39. The van der Waals surface area contributed by atoms with Crippen LogP contribution >= 0.6 is 11.6 Å². The van der Waals surface area contributed by atoms with Gasteiger partial charge in [0.05, 0.1) is 16.6 Å². The van der Waals surface area contributed by atoms with Crippen LogP contribution in [0.5, 0.6) is 11.5 Å². The summed E-state index contributed by atoms with van der Waals surface area (Å²) in [7, 11) is 0. The summed E-state index contributed by atoms with van der Waals surface area (Å²) in [5, 5.41) is 5.69. The first kappa shape index (κ1) is 12.1. The molecule has 100 valence electrons. The van der Waals surface area contributed by atoms with Crippen molar-refractivity contribution < 1.29 is 19.1 Å². The zero-order chi connectivity index (χ0) is 13.4. The SMILES string of the molecule is O=C1CC(C(=O)Nc2cc3c(cc2Cl)OCO3)CN1. The fourth-order valence-corrected chi connectivity index (χ4v) is 2.24. The third-order valence-electron chi connectivity index (χ3n) is 3.07. The normalized spacial score (nSPS) is 20.3. The van der Waals surface area contributed by atoms with Gasteiger partial charge in [-0.1, -0.05) is 11.6 Å². The summed E-state index contributed by atoms with van der Waals surface area (Å²) in [6, 6.07) is 3.21. The van der Waals surface area contributed by atoms with Gasteiger partial charge in [-0.15, -0.1) is 0 Å². The number of ether oxygens (including phenoxy) is 2. The van der Waals surface area contributed by atoms with Gasteiger partial charge in [-0.25, -0.2) is 0 Å². The van der Waals surface area contributed by atoms with Gasteiger partial charge in [0.2, 0.25) is 18.6 Å². The zero-order valence-corrected chi connectivity index (χ0v) is 10.6. The number of carbonyl (C=O) groups is 2. The summed E-state index contributed by atoms with van der Waals surface area (Å²) in [6.07, 6.45) is 0.202. The third kappa shape index (κ3) is 2.31. The Morgan fingerprint density at radius 1 is 1.37 bits per heavy atom. The lowest BCUT2D eigenvalue weighted by Gasteiger charge is -2.11. The minimum atomic E-state index is -0.367. The molecule has 2 N–H and O–H groups in total. The molecule has 1 fully saturated rings. The second-order valence-corrected chi connectivity index (χ2v) is 4.79. The van der Waals surface area contributed by atoms with Gasteiger partial charge in [0.1, 0.15) is 0 Å². The lowest BCUT2D eigenvalue weighted by Crippen LogP contribution is -2.24. The number of hydrogen-bond acceptors (Lipinski definition) is 4. The highest BCUT2D eigenvalue weighted by atomic mass is 35.5. The first-order valence-electron chi connectivity index (χ1n) is 5.80. The van der Waals surface area contributed by atoms with Crippen LogP contribution in [0.2, 0.25) is 5.02 Å². The van der Waals surface area contributed by atoms with E-state index in [2.05, 4.69) is 10.6 Å². The number of rotatable bonds is 2. The van der Waals surface area contributed by atoms with Crippen LogP contribution in [-0.4, -0.2) is 25.2 Å². The highest BCUT2D eigenvalue weighted by molar-refractivity contribution is 6.34. The molecule has 2 aliphatic heterocycles. The molecule has 3 rings (SSSR count). The molecule has 0 aliphatic carbocycles. The molecule has 1 atom stereocenters. The van der Waals surface area contributed by atoms with Gasteiger partial charge in [-0.2, -0.15) is 0 Å². The van der Waals surface area contributed by atoms with E-state index in [1.54, 1.807) is 12.1 Å². The average Bonchev–Trinajstić information content (AvgIpc) is 2.98. The largest absolute Gasteiger partial charge is 0.454 e. The summed E-state index contributed by atoms with van der Waals surface area (Å²) in [5.74, 6) is 0.381. The Labute approximate surface area is 114 Å². The van der Waals surface area contributed by atoms with Crippen LogP contribution in [0.15, 0.2) is 12.1 Å². The van der Waals surface area contributed by atoms with Crippen LogP contribution in [0, 0.1) is 5.92 Å². The molecule has 0 spiro atoms. The molecule has 0 saturated carbocycles. The zero-order valence-electron chi connectivity index (χ0n) is 9.86. The van der Waals surface area contributed by atoms with E-state index in [4.69, 9.17) is 21.1 Å². The average molecular weight is 283 g/mol. The fourth-order valence-electron chi connectivity index (χ4n) is 2.04. The van der Waals surface area contributed by atoms with Gasteiger partial charge in [-0.3, -0.25) is 9.59 Å². The number of benzene rings is 1. The van der Waals surface area contributed by atoms with Crippen molar-refractivity contribution in [1.29, 1.82) is 0 Å². The minimum absolute atomic E-state index is 0.114. The van der Waals surface area contributed by atoms with Gasteiger partial charge in [0, 0.05) is 25.1 Å². The summed E-state index contributed by atoms with van der Waals surface area (Å²) >= 11 is 6.05. The van der Waals surface area contributed by atoms with Crippen molar-refractivity contribution in [2.45, 2.75) is 6.42 Å². The van der Waals surface area contributed by atoms with E-state index in [0.717, 1.165) is 0 Å². The number of anilines is 1. The van der Waals surface area contributed by atoms with E-state index in [0.29, 0.717) is 28.8 Å². The first-order chi connectivity index (χ1) is 9.13. The Balaban J connectivity index is 1.76. The van der Waals surface area contributed by atoms with Crippen molar-refractivity contribution in [3.8, 4) is 11.5 Å². The predicted octanol–water partition coefficient (Wildman–Crippen LogP) is 1.14. The fraction of sp³-hybridized carbons (Fsp3) is 0.333.